The predicted molar refractivity (Wildman–Crippen MR) is 112 cm³/mol. The molecule has 0 saturated carbocycles. The molecule has 0 spiro atoms. The van der Waals surface area contributed by atoms with E-state index < -0.39 is 0 Å². The smallest absolute Gasteiger partial charge is 0.204 e. The van der Waals surface area contributed by atoms with Crippen LogP contribution in [0.15, 0.2) is 65.6 Å². The molecule has 0 unspecified atom stereocenters. The van der Waals surface area contributed by atoms with Gasteiger partial charge in [0.2, 0.25) is 6.41 Å². The molecule has 7 N–H and O–H groups in total. The SMILES string of the molecule is CC(C)(C)/C(O)=C/C(N)=Nc1ccc(N)cc1.NC=O.O=Cc1ccncc1. The highest BCUT2D eigenvalue weighted by atomic mass is 16.3. The molecule has 150 valence electrons. The number of aliphatic hydroxyl groups is 1. The van der Waals surface area contributed by atoms with E-state index in [1.807, 2.05) is 20.8 Å². The summed E-state index contributed by atoms with van der Waals surface area (Å²) in [5.41, 5.74) is 17.2. The number of amidine groups is 1. The quantitative estimate of drug-likeness (QED) is 0.209. The van der Waals surface area contributed by atoms with E-state index in [0.29, 0.717) is 16.9 Å². The number of nitrogens with two attached hydrogens (primary N) is 3. The van der Waals surface area contributed by atoms with Gasteiger partial charge in [0.25, 0.3) is 0 Å². The van der Waals surface area contributed by atoms with E-state index in [1.54, 1.807) is 48.8 Å². The zero-order valence-electron chi connectivity index (χ0n) is 16.2. The van der Waals surface area contributed by atoms with Crippen LogP contribution >= 0.6 is 0 Å². The third-order valence-electron chi connectivity index (χ3n) is 3.05. The Labute approximate surface area is 164 Å². The largest absolute Gasteiger partial charge is 0.512 e. The number of aromatic nitrogens is 1. The fourth-order valence-corrected chi connectivity index (χ4v) is 1.53. The van der Waals surface area contributed by atoms with Crippen molar-refractivity contribution in [1.29, 1.82) is 0 Å². The maximum Gasteiger partial charge on any atom is 0.204 e. The molecule has 8 heteroatoms. The fraction of sp³-hybridized carbons (Fsp3) is 0.200. The van der Waals surface area contributed by atoms with Crippen molar-refractivity contribution in [3.8, 4) is 0 Å². The number of allylic oxidation sites excluding steroid dienone is 1. The number of rotatable bonds is 3. The number of pyridine rings is 1. The first-order valence-electron chi connectivity index (χ1n) is 8.25. The van der Waals surface area contributed by atoms with E-state index in [-0.39, 0.29) is 23.4 Å². The molecule has 1 amide bonds. The minimum absolute atomic E-state index is 0.203. The molecule has 0 saturated heterocycles. The molecule has 0 bridgehead atoms. The standard InChI is InChI=1S/C13H19N3O.C6H5NO.CH3NO/c1-13(2,3)11(17)8-12(15)16-10-6-4-9(14)5-7-10;8-5-6-1-3-7-4-2-6;2-1-3/h4-8,17H,14H2,1-3H3,(H2,15,16);1-5H;1H,(H2,2,3)/b11-8-;;. The van der Waals surface area contributed by atoms with Gasteiger partial charge in [-0.05, 0) is 36.4 Å². The molecule has 2 rings (SSSR count). The van der Waals surface area contributed by atoms with Crippen molar-refractivity contribution in [3.05, 3.63) is 66.2 Å². The highest BCUT2D eigenvalue weighted by Gasteiger charge is 2.15. The Morgan fingerprint density at radius 2 is 1.57 bits per heavy atom. The Kier molecular flexibility index (Phi) is 11.0. The van der Waals surface area contributed by atoms with Crippen LogP contribution in [0.3, 0.4) is 0 Å². The normalized spacial score (nSPS) is 11.2. The number of primary amides is 1. The van der Waals surface area contributed by atoms with Gasteiger partial charge in [0, 0.05) is 35.1 Å². The van der Waals surface area contributed by atoms with E-state index in [1.165, 1.54) is 6.08 Å². The molecule has 1 aromatic carbocycles. The third-order valence-corrected chi connectivity index (χ3v) is 3.05. The van der Waals surface area contributed by atoms with Crippen LogP contribution in [0.4, 0.5) is 11.4 Å². The molecule has 0 atom stereocenters. The van der Waals surface area contributed by atoms with Gasteiger partial charge in [0.1, 0.15) is 17.9 Å². The topological polar surface area (TPSA) is 158 Å². The maximum absolute atomic E-state index is 9.98. The van der Waals surface area contributed by atoms with Crippen molar-refractivity contribution in [1.82, 2.24) is 4.98 Å². The monoisotopic (exact) mass is 385 g/mol. The first-order valence-corrected chi connectivity index (χ1v) is 8.25. The summed E-state index contributed by atoms with van der Waals surface area (Å²) < 4.78 is 0. The maximum atomic E-state index is 9.98. The van der Waals surface area contributed by atoms with Crippen LogP contribution < -0.4 is 17.2 Å². The highest BCUT2D eigenvalue weighted by Crippen LogP contribution is 2.22. The van der Waals surface area contributed by atoms with Crippen LogP contribution in [0.5, 0.6) is 0 Å². The Hall–Kier alpha value is -3.68. The fourth-order valence-electron chi connectivity index (χ4n) is 1.53. The second-order valence-corrected chi connectivity index (χ2v) is 6.44. The van der Waals surface area contributed by atoms with Crippen molar-refractivity contribution in [2.24, 2.45) is 21.9 Å². The van der Waals surface area contributed by atoms with Crippen LogP contribution in [0.1, 0.15) is 31.1 Å². The summed E-state index contributed by atoms with van der Waals surface area (Å²) >= 11 is 0. The molecule has 0 aliphatic heterocycles. The van der Waals surface area contributed by atoms with Crippen molar-refractivity contribution >= 4 is 29.9 Å². The van der Waals surface area contributed by atoms with Gasteiger partial charge in [-0.2, -0.15) is 0 Å². The molecule has 2 aromatic rings. The predicted octanol–water partition coefficient (Wildman–Crippen LogP) is 2.74. The minimum atomic E-state index is -0.332. The number of aliphatic hydroxyl groups excluding tert-OH is 1. The van der Waals surface area contributed by atoms with Crippen molar-refractivity contribution < 1.29 is 14.7 Å². The van der Waals surface area contributed by atoms with Gasteiger partial charge < -0.3 is 22.3 Å². The van der Waals surface area contributed by atoms with Gasteiger partial charge in [0.05, 0.1) is 5.69 Å². The number of anilines is 1. The number of benzene rings is 1. The van der Waals surface area contributed by atoms with Crippen LogP contribution in [-0.4, -0.2) is 28.6 Å². The van der Waals surface area contributed by atoms with Crippen molar-refractivity contribution in [3.63, 3.8) is 0 Å². The van der Waals surface area contributed by atoms with Crippen molar-refractivity contribution in [2.75, 3.05) is 5.73 Å². The van der Waals surface area contributed by atoms with Crippen LogP contribution in [0, 0.1) is 5.41 Å². The van der Waals surface area contributed by atoms with Gasteiger partial charge in [-0.3, -0.25) is 14.6 Å². The number of carbonyl (C=O) groups excluding carboxylic acids is 2. The average molecular weight is 385 g/mol. The summed E-state index contributed by atoms with van der Waals surface area (Å²) in [6.45, 7) is 5.69. The average Bonchev–Trinajstić information content (AvgIpc) is 2.64. The molecule has 28 heavy (non-hydrogen) atoms. The number of amides is 1. The molecule has 0 fully saturated rings. The third kappa shape index (κ3) is 11.0. The van der Waals surface area contributed by atoms with Crippen LogP contribution in [0.25, 0.3) is 0 Å². The highest BCUT2D eigenvalue weighted by molar-refractivity contribution is 5.93. The lowest BCUT2D eigenvalue weighted by atomic mass is 9.93. The zero-order valence-corrected chi connectivity index (χ0v) is 16.2. The molecular formula is C20H27N5O3. The number of aldehydes is 1. The van der Waals surface area contributed by atoms with Crippen LogP contribution in [-0.2, 0) is 4.79 Å². The van der Waals surface area contributed by atoms with E-state index in [0.717, 1.165) is 6.29 Å². The Bertz CT molecular complexity index is 780. The number of hydrogen-bond donors (Lipinski definition) is 4. The lowest BCUT2D eigenvalue weighted by Crippen LogP contribution is -2.15. The number of hydrogen-bond acceptors (Lipinski definition) is 6. The molecule has 1 aromatic heterocycles. The van der Waals surface area contributed by atoms with E-state index in [9.17, 15) is 9.90 Å². The summed E-state index contributed by atoms with van der Waals surface area (Å²) in [6.07, 6.45) is 5.69. The Balaban J connectivity index is 0.000000547. The minimum Gasteiger partial charge on any atom is -0.512 e. The van der Waals surface area contributed by atoms with Gasteiger partial charge in [-0.25, -0.2) is 4.99 Å². The molecule has 8 nitrogen and oxygen atoms in total. The second-order valence-electron chi connectivity index (χ2n) is 6.44. The summed E-state index contributed by atoms with van der Waals surface area (Å²) in [5, 5.41) is 9.76. The first kappa shape index (κ1) is 24.3. The summed E-state index contributed by atoms with van der Waals surface area (Å²) in [6, 6.07) is 10.4. The molecule has 0 aliphatic carbocycles. The molecule has 0 radical (unpaired) electrons. The van der Waals surface area contributed by atoms with Gasteiger partial charge in [0.15, 0.2) is 0 Å². The number of nitrogen functional groups attached to an aromatic ring is 1. The lowest BCUT2D eigenvalue weighted by Gasteiger charge is -2.16. The first-order chi connectivity index (χ1) is 13.1. The van der Waals surface area contributed by atoms with Gasteiger partial charge in [-0.15, -0.1) is 0 Å². The molecule has 0 aliphatic rings. The number of carbonyl (C=O) groups is 2. The summed E-state index contributed by atoms with van der Waals surface area (Å²) in [7, 11) is 0. The second kappa shape index (κ2) is 12.6. The van der Waals surface area contributed by atoms with Gasteiger partial charge >= 0.3 is 0 Å². The van der Waals surface area contributed by atoms with Crippen molar-refractivity contribution in [2.45, 2.75) is 20.8 Å². The number of aliphatic imine (C=N–C) groups is 1. The molecule has 1 heterocycles. The van der Waals surface area contributed by atoms with E-state index >= 15 is 0 Å². The Morgan fingerprint density at radius 3 is 1.96 bits per heavy atom. The van der Waals surface area contributed by atoms with Crippen LogP contribution in [0.2, 0.25) is 0 Å². The zero-order chi connectivity index (χ0) is 21.6. The Morgan fingerprint density at radius 1 is 1.07 bits per heavy atom. The van der Waals surface area contributed by atoms with E-state index in [4.69, 9.17) is 16.3 Å². The van der Waals surface area contributed by atoms with Gasteiger partial charge in [-0.1, -0.05) is 20.8 Å². The number of nitrogens with zero attached hydrogens (tertiary/aromatic N) is 2. The molecular weight excluding hydrogens is 358 g/mol. The summed E-state index contributed by atoms with van der Waals surface area (Å²) in [5.74, 6) is 0.469. The summed E-state index contributed by atoms with van der Waals surface area (Å²) in [4.78, 5) is 26.5. The lowest BCUT2D eigenvalue weighted by molar-refractivity contribution is -0.106. The van der Waals surface area contributed by atoms with E-state index in [2.05, 4.69) is 15.7 Å².